The number of sulfonamides is 1. The lowest BCUT2D eigenvalue weighted by molar-refractivity contribution is -0.119. The molecule has 0 atom stereocenters. The normalized spacial score (nSPS) is 11.1. The van der Waals surface area contributed by atoms with Gasteiger partial charge in [-0.05, 0) is 77.7 Å². The molecule has 2 aromatic rings. The van der Waals surface area contributed by atoms with Crippen molar-refractivity contribution in [3.05, 3.63) is 57.7 Å². The topological polar surface area (TPSA) is 75.7 Å². The van der Waals surface area contributed by atoms with E-state index in [0.717, 1.165) is 44.7 Å². The number of nitrogens with one attached hydrogen (secondary N) is 1. The highest BCUT2D eigenvalue weighted by Crippen LogP contribution is 2.20. The molecule has 0 aliphatic carbocycles. The van der Waals surface area contributed by atoms with E-state index in [1.165, 1.54) is 0 Å². The molecular weight excluding hydrogens is 503 g/mol. The standard InChI is InChI=1S/C21H27IN2O4S/c1-3-15-28-20-9-5-4-7-17(20)8-6-14-23-21(25)16-24(29(2,26)27)19-12-10-18(22)11-13-19/h4-5,7,9-13H,3,6,8,14-16H2,1-2H3,(H,23,25). The second-order valence-electron chi connectivity index (χ2n) is 6.66. The number of amides is 1. The average molecular weight is 530 g/mol. The van der Waals surface area contributed by atoms with Crippen LogP contribution in [0.5, 0.6) is 5.75 Å². The van der Waals surface area contributed by atoms with Gasteiger partial charge in [0.1, 0.15) is 12.3 Å². The van der Waals surface area contributed by atoms with E-state index in [1.54, 1.807) is 12.1 Å². The van der Waals surface area contributed by atoms with Gasteiger partial charge in [0, 0.05) is 10.1 Å². The summed E-state index contributed by atoms with van der Waals surface area (Å²) in [5, 5.41) is 2.81. The molecule has 0 heterocycles. The third-order valence-corrected chi connectivity index (χ3v) is 6.04. The predicted molar refractivity (Wildman–Crippen MR) is 125 cm³/mol. The van der Waals surface area contributed by atoms with Gasteiger partial charge in [0.15, 0.2) is 0 Å². The molecular formula is C21H27IN2O4S. The van der Waals surface area contributed by atoms with Crippen LogP contribution >= 0.6 is 22.6 Å². The molecule has 0 radical (unpaired) electrons. The van der Waals surface area contributed by atoms with Crippen molar-refractivity contribution in [1.29, 1.82) is 0 Å². The van der Waals surface area contributed by atoms with E-state index in [0.29, 0.717) is 18.8 Å². The molecule has 1 amide bonds. The Bertz CT molecular complexity index is 901. The fourth-order valence-electron chi connectivity index (χ4n) is 2.76. The van der Waals surface area contributed by atoms with E-state index >= 15 is 0 Å². The summed E-state index contributed by atoms with van der Waals surface area (Å²) >= 11 is 2.15. The van der Waals surface area contributed by atoms with E-state index in [4.69, 9.17) is 4.74 Å². The lowest BCUT2D eigenvalue weighted by atomic mass is 10.1. The van der Waals surface area contributed by atoms with Crippen molar-refractivity contribution in [2.24, 2.45) is 0 Å². The van der Waals surface area contributed by atoms with Crippen molar-refractivity contribution in [2.75, 3.05) is 30.3 Å². The van der Waals surface area contributed by atoms with E-state index < -0.39 is 10.0 Å². The average Bonchev–Trinajstić information content (AvgIpc) is 2.68. The zero-order chi connectivity index (χ0) is 21.3. The summed E-state index contributed by atoms with van der Waals surface area (Å²) in [5.41, 5.74) is 1.58. The van der Waals surface area contributed by atoms with Gasteiger partial charge in [0.05, 0.1) is 18.6 Å². The fraction of sp³-hybridized carbons (Fsp3) is 0.381. The number of ether oxygens (including phenoxy) is 1. The summed E-state index contributed by atoms with van der Waals surface area (Å²) in [5.74, 6) is 0.548. The van der Waals surface area contributed by atoms with E-state index in [2.05, 4.69) is 34.8 Å². The van der Waals surface area contributed by atoms with Crippen molar-refractivity contribution in [1.82, 2.24) is 5.32 Å². The first-order chi connectivity index (χ1) is 13.8. The molecule has 0 fully saturated rings. The van der Waals surface area contributed by atoms with Gasteiger partial charge in [-0.1, -0.05) is 25.1 Å². The summed E-state index contributed by atoms with van der Waals surface area (Å²) < 4.78 is 32.1. The van der Waals surface area contributed by atoms with Gasteiger partial charge >= 0.3 is 0 Å². The Morgan fingerprint density at radius 3 is 2.48 bits per heavy atom. The molecule has 0 aliphatic rings. The number of hydrogen-bond acceptors (Lipinski definition) is 4. The van der Waals surface area contributed by atoms with Gasteiger partial charge in [-0.3, -0.25) is 9.10 Å². The molecule has 8 heteroatoms. The summed E-state index contributed by atoms with van der Waals surface area (Å²) in [6.07, 6.45) is 3.56. The smallest absolute Gasteiger partial charge is 0.240 e. The second kappa shape index (κ2) is 11.4. The van der Waals surface area contributed by atoms with Crippen LogP contribution in [0, 0.1) is 3.57 Å². The van der Waals surface area contributed by atoms with E-state index in [9.17, 15) is 13.2 Å². The molecule has 2 aromatic carbocycles. The van der Waals surface area contributed by atoms with Crippen LogP contribution in [-0.2, 0) is 21.2 Å². The van der Waals surface area contributed by atoms with Gasteiger partial charge in [0.2, 0.25) is 15.9 Å². The molecule has 6 nitrogen and oxygen atoms in total. The Morgan fingerprint density at radius 2 is 1.83 bits per heavy atom. The summed E-state index contributed by atoms with van der Waals surface area (Å²) in [6, 6.07) is 14.9. The Balaban J connectivity index is 1.88. The molecule has 0 spiro atoms. The van der Waals surface area contributed by atoms with E-state index in [1.807, 2.05) is 36.4 Å². The van der Waals surface area contributed by atoms with Crippen LogP contribution in [0.4, 0.5) is 5.69 Å². The van der Waals surface area contributed by atoms with Crippen molar-refractivity contribution in [3.8, 4) is 5.75 Å². The first kappa shape index (κ1) is 23.5. The minimum absolute atomic E-state index is 0.240. The first-order valence-corrected chi connectivity index (χ1v) is 12.4. The van der Waals surface area contributed by atoms with Crippen LogP contribution in [-0.4, -0.2) is 40.3 Å². The highest BCUT2D eigenvalue weighted by molar-refractivity contribution is 14.1. The quantitative estimate of drug-likeness (QED) is 0.356. The maximum absolute atomic E-state index is 12.3. The largest absolute Gasteiger partial charge is 0.493 e. The number of nitrogens with zero attached hydrogens (tertiary/aromatic N) is 1. The molecule has 158 valence electrons. The van der Waals surface area contributed by atoms with Crippen LogP contribution < -0.4 is 14.4 Å². The Morgan fingerprint density at radius 1 is 1.14 bits per heavy atom. The van der Waals surface area contributed by atoms with E-state index in [-0.39, 0.29) is 12.5 Å². The molecule has 0 bridgehead atoms. The van der Waals surface area contributed by atoms with Gasteiger partial charge in [-0.15, -0.1) is 0 Å². The third kappa shape index (κ3) is 7.85. The van der Waals surface area contributed by atoms with Crippen molar-refractivity contribution < 1.29 is 17.9 Å². The highest BCUT2D eigenvalue weighted by Gasteiger charge is 2.20. The van der Waals surface area contributed by atoms with Crippen molar-refractivity contribution in [2.45, 2.75) is 26.2 Å². The predicted octanol–water partition coefficient (Wildman–Crippen LogP) is 3.60. The Hall–Kier alpha value is -1.81. The number of para-hydroxylation sites is 1. The molecule has 2 rings (SSSR count). The van der Waals surface area contributed by atoms with Gasteiger partial charge in [0.25, 0.3) is 0 Å². The highest BCUT2D eigenvalue weighted by atomic mass is 127. The summed E-state index contributed by atoms with van der Waals surface area (Å²) in [4.78, 5) is 12.3. The number of halogens is 1. The second-order valence-corrected chi connectivity index (χ2v) is 9.81. The summed E-state index contributed by atoms with van der Waals surface area (Å²) in [7, 11) is -3.56. The van der Waals surface area contributed by atoms with Gasteiger partial charge in [-0.2, -0.15) is 0 Å². The van der Waals surface area contributed by atoms with Crippen LogP contribution in [0.15, 0.2) is 48.5 Å². The number of carbonyl (C=O) groups is 1. The number of benzene rings is 2. The van der Waals surface area contributed by atoms with Crippen LogP contribution in [0.2, 0.25) is 0 Å². The zero-order valence-corrected chi connectivity index (χ0v) is 19.7. The number of aryl methyl sites for hydroxylation is 1. The minimum Gasteiger partial charge on any atom is -0.493 e. The number of carbonyl (C=O) groups excluding carboxylic acids is 1. The maximum atomic E-state index is 12.3. The van der Waals surface area contributed by atoms with Crippen LogP contribution in [0.3, 0.4) is 0 Å². The lowest BCUT2D eigenvalue weighted by Gasteiger charge is -2.22. The number of hydrogen-bond donors (Lipinski definition) is 1. The summed E-state index contributed by atoms with van der Waals surface area (Å²) in [6.45, 7) is 2.96. The number of rotatable bonds is 11. The Labute approximate surface area is 186 Å². The van der Waals surface area contributed by atoms with Crippen LogP contribution in [0.25, 0.3) is 0 Å². The molecule has 29 heavy (non-hydrogen) atoms. The lowest BCUT2D eigenvalue weighted by Crippen LogP contribution is -2.40. The maximum Gasteiger partial charge on any atom is 0.240 e. The first-order valence-electron chi connectivity index (χ1n) is 9.52. The number of anilines is 1. The molecule has 0 aromatic heterocycles. The monoisotopic (exact) mass is 530 g/mol. The van der Waals surface area contributed by atoms with Crippen LogP contribution in [0.1, 0.15) is 25.3 Å². The minimum atomic E-state index is -3.56. The molecule has 1 N–H and O–H groups in total. The molecule has 0 saturated heterocycles. The van der Waals surface area contributed by atoms with Gasteiger partial charge in [-0.25, -0.2) is 8.42 Å². The van der Waals surface area contributed by atoms with Crippen molar-refractivity contribution >= 4 is 44.2 Å². The molecule has 0 saturated carbocycles. The Kier molecular flexibility index (Phi) is 9.22. The third-order valence-electron chi connectivity index (χ3n) is 4.18. The molecule has 0 unspecified atom stereocenters. The fourth-order valence-corrected chi connectivity index (χ4v) is 3.98. The SMILES string of the molecule is CCCOc1ccccc1CCCNC(=O)CN(c1ccc(I)cc1)S(C)(=O)=O. The van der Waals surface area contributed by atoms with Gasteiger partial charge < -0.3 is 10.1 Å². The van der Waals surface area contributed by atoms with Crippen molar-refractivity contribution in [3.63, 3.8) is 0 Å². The molecule has 0 aliphatic heterocycles. The zero-order valence-electron chi connectivity index (χ0n) is 16.7.